The zero-order valence-electron chi connectivity index (χ0n) is 10.2. The van der Waals surface area contributed by atoms with Gasteiger partial charge in [0.15, 0.2) is 0 Å². The molecule has 104 valence electrons. The normalized spacial score (nSPS) is 11.0. The van der Waals surface area contributed by atoms with Gasteiger partial charge in [-0.15, -0.1) is 0 Å². The van der Waals surface area contributed by atoms with Crippen LogP contribution in [0, 0.1) is 0 Å². The molecule has 0 bridgehead atoms. The van der Waals surface area contributed by atoms with Gasteiger partial charge < -0.3 is 10.4 Å². The Morgan fingerprint density at radius 1 is 1.21 bits per heavy atom. The highest BCUT2D eigenvalue weighted by Gasteiger charge is 2.15. The molecule has 1 rings (SSSR count). The second-order valence-electron chi connectivity index (χ2n) is 3.61. The van der Waals surface area contributed by atoms with Crippen molar-refractivity contribution in [2.24, 2.45) is 0 Å². The molecule has 0 aromatic heterocycles. The Hall–Kier alpha value is -1.93. The van der Waals surface area contributed by atoms with E-state index in [4.69, 9.17) is 5.11 Å². The first kappa shape index (κ1) is 15.1. The fourth-order valence-electron chi connectivity index (χ4n) is 1.28. The molecule has 0 heterocycles. The van der Waals surface area contributed by atoms with Gasteiger partial charge in [-0.2, -0.15) is 0 Å². The minimum absolute atomic E-state index is 0.0114. The largest absolute Gasteiger partial charge is 0.478 e. The summed E-state index contributed by atoms with van der Waals surface area (Å²) in [6.07, 6.45) is 0. The number of carbonyl (C=O) groups excluding carboxylic acids is 1. The molecule has 0 fully saturated rings. The molecular weight excluding hydrogens is 272 g/mol. The van der Waals surface area contributed by atoms with Gasteiger partial charge in [-0.3, -0.25) is 4.79 Å². The average molecular weight is 286 g/mol. The van der Waals surface area contributed by atoms with E-state index in [1.54, 1.807) is 6.92 Å². The first-order valence-electron chi connectivity index (χ1n) is 5.46. The van der Waals surface area contributed by atoms with E-state index < -0.39 is 21.9 Å². The number of carbonyl (C=O) groups is 2. The average Bonchev–Trinajstić information content (AvgIpc) is 2.37. The molecule has 1 aromatic carbocycles. The lowest BCUT2D eigenvalue weighted by Crippen LogP contribution is -2.36. The molecular formula is C11H14N2O5S. The van der Waals surface area contributed by atoms with E-state index in [9.17, 15) is 18.0 Å². The van der Waals surface area contributed by atoms with Crippen molar-refractivity contribution >= 4 is 21.9 Å². The number of carboxylic acids is 1. The Balaban J connectivity index is 2.77. The second-order valence-corrected chi connectivity index (χ2v) is 5.37. The first-order chi connectivity index (χ1) is 8.86. The van der Waals surface area contributed by atoms with Crippen molar-refractivity contribution in [1.82, 2.24) is 10.0 Å². The number of likely N-dealkylation sites (N-methyl/N-ethyl adjacent to an activating group) is 1. The predicted molar refractivity (Wildman–Crippen MR) is 67.3 cm³/mol. The monoisotopic (exact) mass is 286 g/mol. The van der Waals surface area contributed by atoms with E-state index in [0.29, 0.717) is 6.54 Å². The van der Waals surface area contributed by atoms with Crippen LogP contribution in [0.3, 0.4) is 0 Å². The molecule has 3 N–H and O–H groups in total. The predicted octanol–water partition coefficient (Wildman–Crippen LogP) is -0.201. The maximum Gasteiger partial charge on any atom is 0.335 e. The van der Waals surface area contributed by atoms with E-state index in [1.807, 2.05) is 0 Å². The van der Waals surface area contributed by atoms with Gasteiger partial charge in [0.1, 0.15) is 0 Å². The van der Waals surface area contributed by atoms with Gasteiger partial charge in [-0.05, 0) is 31.2 Å². The number of hydrogen-bond acceptors (Lipinski definition) is 4. The molecule has 0 spiro atoms. The lowest BCUT2D eigenvalue weighted by molar-refractivity contribution is -0.119. The Kier molecular flexibility index (Phi) is 5.02. The molecule has 0 saturated heterocycles. The van der Waals surface area contributed by atoms with Crippen LogP contribution in [0.2, 0.25) is 0 Å². The van der Waals surface area contributed by atoms with Crippen LogP contribution in [-0.4, -0.2) is 38.5 Å². The summed E-state index contributed by atoms with van der Waals surface area (Å²) in [5.74, 6) is -1.58. The highest BCUT2D eigenvalue weighted by molar-refractivity contribution is 7.89. The summed E-state index contributed by atoms with van der Waals surface area (Å²) < 4.78 is 25.7. The van der Waals surface area contributed by atoms with Crippen molar-refractivity contribution in [2.75, 3.05) is 13.1 Å². The van der Waals surface area contributed by atoms with Crippen LogP contribution in [0.4, 0.5) is 0 Å². The summed E-state index contributed by atoms with van der Waals surface area (Å²) in [4.78, 5) is 21.7. The Morgan fingerprint density at radius 3 is 2.26 bits per heavy atom. The van der Waals surface area contributed by atoms with E-state index in [2.05, 4.69) is 10.0 Å². The van der Waals surface area contributed by atoms with Crippen LogP contribution < -0.4 is 10.0 Å². The minimum atomic E-state index is -3.82. The molecule has 0 aliphatic rings. The minimum Gasteiger partial charge on any atom is -0.478 e. The standard InChI is InChI=1S/C11H14N2O5S/c1-2-12-10(14)7-13-19(17,18)9-5-3-8(4-6-9)11(15)16/h3-6,13H,2,7H2,1H3,(H,12,14)(H,15,16). The maximum absolute atomic E-state index is 11.8. The molecule has 8 heteroatoms. The van der Waals surface area contributed by atoms with Crippen LogP contribution in [0.5, 0.6) is 0 Å². The summed E-state index contributed by atoms with van der Waals surface area (Å²) in [6.45, 7) is 1.77. The zero-order valence-corrected chi connectivity index (χ0v) is 11.0. The van der Waals surface area contributed by atoms with E-state index in [1.165, 1.54) is 24.3 Å². The first-order valence-corrected chi connectivity index (χ1v) is 6.95. The lowest BCUT2D eigenvalue weighted by Gasteiger charge is -2.07. The highest BCUT2D eigenvalue weighted by atomic mass is 32.2. The summed E-state index contributed by atoms with van der Waals surface area (Å²) in [6, 6.07) is 4.71. The molecule has 0 aliphatic heterocycles. The number of sulfonamides is 1. The molecule has 0 aliphatic carbocycles. The van der Waals surface area contributed by atoms with Gasteiger partial charge in [0, 0.05) is 6.54 Å². The number of carboxylic acid groups (broad SMARTS) is 1. The summed E-state index contributed by atoms with van der Waals surface area (Å²) in [7, 11) is -3.82. The molecule has 0 saturated carbocycles. The number of benzene rings is 1. The summed E-state index contributed by atoms with van der Waals surface area (Å²) in [5, 5.41) is 11.1. The molecule has 7 nitrogen and oxygen atoms in total. The maximum atomic E-state index is 11.8. The van der Waals surface area contributed by atoms with Crippen LogP contribution in [0.1, 0.15) is 17.3 Å². The molecule has 1 aromatic rings. The van der Waals surface area contributed by atoms with Crippen molar-refractivity contribution in [2.45, 2.75) is 11.8 Å². The second kappa shape index (κ2) is 6.30. The van der Waals surface area contributed by atoms with Gasteiger partial charge in [0.2, 0.25) is 15.9 Å². The molecule has 1 amide bonds. The topological polar surface area (TPSA) is 113 Å². The summed E-state index contributed by atoms with van der Waals surface area (Å²) in [5.41, 5.74) is -0.0114. The van der Waals surface area contributed by atoms with Gasteiger partial charge in [-0.25, -0.2) is 17.9 Å². The van der Waals surface area contributed by atoms with Gasteiger partial charge in [-0.1, -0.05) is 0 Å². The number of aromatic carboxylic acids is 1. The quantitative estimate of drug-likeness (QED) is 0.670. The third-order valence-corrected chi connectivity index (χ3v) is 3.63. The molecule has 0 radical (unpaired) electrons. The van der Waals surface area contributed by atoms with Crippen LogP contribution in [0.25, 0.3) is 0 Å². The van der Waals surface area contributed by atoms with Gasteiger partial charge in [0.05, 0.1) is 17.0 Å². The molecule has 0 unspecified atom stereocenters. The summed E-state index contributed by atoms with van der Waals surface area (Å²) >= 11 is 0. The van der Waals surface area contributed by atoms with Gasteiger partial charge in [0.25, 0.3) is 0 Å². The Labute approximate surface area is 110 Å². The van der Waals surface area contributed by atoms with Crippen LogP contribution in [-0.2, 0) is 14.8 Å². The van der Waals surface area contributed by atoms with E-state index >= 15 is 0 Å². The third kappa shape index (κ3) is 4.34. The smallest absolute Gasteiger partial charge is 0.335 e. The fraction of sp³-hybridized carbons (Fsp3) is 0.273. The van der Waals surface area contributed by atoms with Crippen LogP contribution >= 0.6 is 0 Å². The van der Waals surface area contributed by atoms with Crippen molar-refractivity contribution in [3.8, 4) is 0 Å². The fourth-order valence-corrected chi connectivity index (χ4v) is 2.26. The third-order valence-electron chi connectivity index (χ3n) is 2.21. The number of rotatable bonds is 6. The number of nitrogens with one attached hydrogen (secondary N) is 2. The highest BCUT2D eigenvalue weighted by Crippen LogP contribution is 2.10. The Morgan fingerprint density at radius 2 is 1.79 bits per heavy atom. The van der Waals surface area contributed by atoms with E-state index in [-0.39, 0.29) is 17.0 Å². The number of hydrogen-bond donors (Lipinski definition) is 3. The SMILES string of the molecule is CCNC(=O)CNS(=O)(=O)c1ccc(C(=O)O)cc1. The van der Waals surface area contributed by atoms with Crippen molar-refractivity contribution in [3.05, 3.63) is 29.8 Å². The zero-order chi connectivity index (χ0) is 14.5. The van der Waals surface area contributed by atoms with Crippen LogP contribution in [0.15, 0.2) is 29.2 Å². The molecule has 19 heavy (non-hydrogen) atoms. The Bertz CT molecular complexity index is 565. The lowest BCUT2D eigenvalue weighted by atomic mass is 10.2. The van der Waals surface area contributed by atoms with Crippen molar-refractivity contribution in [1.29, 1.82) is 0 Å². The van der Waals surface area contributed by atoms with Gasteiger partial charge >= 0.3 is 5.97 Å². The van der Waals surface area contributed by atoms with E-state index in [0.717, 1.165) is 0 Å². The number of amides is 1. The molecule has 0 atom stereocenters. The van der Waals surface area contributed by atoms with Crippen molar-refractivity contribution < 1.29 is 23.1 Å². The van der Waals surface area contributed by atoms with Crippen molar-refractivity contribution in [3.63, 3.8) is 0 Å².